The summed E-state index contributed by atoms with van der Waals surface area (Å²) in [6.45, 7) is 2.40. The summed E-state index contributed by atoms with van der Waals surface area (Å²) in [6.07, 6.45) is 0.0381. The van der Waals surface area contributed by atoms with Crippen molar-refractivity contribution < 1.29 is 9.18 Å². The molecule has 5 heteroatoms. The van der Waals surface area contributed by atoms with Crippen LogP contribution < -0.4 is 4.90 Å². The van der Waals surface area contributed by atoms with Crippen molar-refractivity contribution in [2.24, 2.45) is 0 Å². The fourth-order valence-electron chi connectivity index (χ4n) is 2.29. The van der Waals surface area contributed by atoms with Gasteiger partial charge in [-0.05, 0) is 30.7 Å². The number of anilines is 1. The van der Waals surface area contributed by atoms with Crippen molar-refractivity contribution in [1.29, 1.82) is 0 Å². The number of fused-ring (bicyclic) bond motifs is 1. The van der Waals surface area contributed by atoms with Crippen LogP contribution in [0.3, 0.4) is 0 Å². The zero-order valence-corrected chi connectivity index (χ0v) is 12.9. The van der Waals surface area contributed by atoms with Crippen LogP contribution in [0.1, 0.15) is 12.5 Å². The number of thiazole rings is 1. The highest BCUT2D eigenvalue weighted by Crippen LogP contribution is 2.28. The number of aromatic nitrogens is 1. The Morgan fingerprint density at radius 3 is 2.64 bits per heavy atom. The summed E-state index contributed by atoms with van der Waals surface area (Å²) < 4.78 is 14.7. The van der Waals surface area contributed by atoms with Crippen molar-refractivity contribution in [3.05, 3.63) is 59.9 Å². The lowest BCUT2D eigenvalue weighted by atomic mass is 10.1. The smallest absolute Gasteiger partial charge is 0.233 e. The van der Waals surface area contributed by atoms with Gasteiger partial charge in [-0.3, -0.25) is 9.69 Å². The Balaban J connectivity index is 1.87. The molecular weight excluding hydrogens is 299 g/mol. The van der Waals surface area contributed by atoms with Gasteiger partial charge in [-0.2, -0.15) is 0 Å². The Hall–Kier alpha value is -2.27. The summed E-state index contributed by atoms with van der Waals surface area (Å²) in [6, 6.07) is 14.1. The molecule has 3 aromatic rings. The minimum absolute atomic E-state index is 0.0381. The minimum Gasteiger partial charge on any atom is -0.288 e. The second kappa shape index (κ2) is 6.23. The molecule has 0 saturated heterocycles. The largest absolute Gasteiger partial charge is 0.288 e. The van der Waals surface area contributed by atoms with Crippen LogP contribution in [0, 0.1) is 5.82 Å². The second-order valence-electron chi connectivity index (χ2n) is 4.87. The number of para-hydroxylation sites is 1. The van der Waals surface area contributed by atoms with Crippen molar-refractivity contribution in [1.82, 2.24) is 4.98 Å². The molecule has 1 amide bonds. The van der Waals surface area contributed by atoms with Gasteiger partial charge in [-0.15, -0.1) is 0 Å². The molecule has 1 aromatic heterocycles. The second-order valence-corrected chi connectivity index (χ2v) is 5.88. The summed E-state index contributed by atoms with van der Waals surface area (Å²) in [5, 5.41) is 0.657. The average Bonchev–Trinajstić information content (AvgIpc) is 2.94. The van der Waals surface area contributed by atoms with E-state index in [1.54, 1.807) is 23.1 Å². The van der Waals surface area contributed by atoms with E-state index in [1.165, 1.54) is 17.4 Å². The van der Waals surface area contributed by atoms with Crippen molar-refractivity contribution in [3.63, 3.8) is 0 Å². The summed E-state index contributed by atoms with van der Waals surface area (Å²) >= 11 is 1.47. The van der Waals surface area contributed by atoms with E-state index in [4.69, 9.17) is 0 Å². The Morgan fingerprint density at radius 2 is 1.91 bits per heavy atom. The molecule has 2 aromatic carbocycles. The van der Waals surface area contributed by atoms with Crippen molar-refractivity contribution >= 4 is 32.6 Å². The highest BCUT2D eigenvalue weighted by molar-refractivity contribution is 7.22. The quantitative estimate of drug-likeness (QED) is 0.728. The zero-order chi connectivity index (χ0) is 15.5. The monoisotopic (exact) mass is 314 g/mol. The van der Waals surface area contributed by atoms with E-state index in [0.29, 0.717) is 17.2 Å². The lowest BCUT2D eigenvalue weighted by Gasteiger charge is -2.17. The van der Waals surface area contributed by atoms with Crippen LogP contribution in [0.2, 0.25) is 0 Å². The number of carbonyl (C=O) groups is 1. The molecule has 0 aliphatic heterocycles. The van der Waals surface area contributed by atoms with Gasteiger partial charge in [0.05, 0.1) is 16.6 Å². The van der Waals surface area contributed by atoms with E-state index in [2.05, 4.69) is 4.98 Å². The predicted molar refractivity (Wildman–Crippen MR) is 87.8 cm³/mol. The Kier molecular flexibility index (Phi) is 4.15. The van der Waals surface area contributed by atoms with Gasteiger partial charge in [0.15, 0.2) is 5.13 Å². The molecule has 0 spiro atoms. The Bertz CT molecular complexity index is 782. The van der Waals surface area contributed by atoms with E-state index in [0.717, 1.165) is 10.2 Å². The maximum atomic E-state index is 13.7. The molecule has 0 N–H and O–H groups in total. The van der Waals surface area contributed by atoms with Crippen LogP contribution in [0.15, 0.2) is 48.5 Å². The topological polar surface area (TPSA) is 33.2 Å². The number of rotatable bonds is 4. The molecule has 22 heavy (non-hydrogen) atoms. The maximum absolute atomic E-state index is 13.7. The van der Waals surface area contributed by atoms with E-state index in [-0.39, 0.29) is 18.1 Å². The number of hydrogen-bond acceptors (Lipinski definition) is 3. The first-order valence-electron chi connectivity index (χ1n) is 7.08. The van der Waals surface area contributed by atoms with E-state index < -0.39 is 0 Å². The SMILES string of the molecule is CCN(C(=O)Cc1ccccc1F)c1nc2ccccc2s1. The van der Waals surface area contributed by atoms with Gasteiger partial charge >= 0.3 is 0 Å². The summed E-state index contributed by atoms with van der Waals surface area (Å²) in [4.78, 5) is 18.6. The molecular formula is C17H15FN2OS. The van der Waals surface area contributed by atoms with E-state index in [1.807, 2.05) is 31.2 Å². The summed E-state index contributed by atoms with van der Waals surface area (Å²) in [5.74, 6) is -0.497. The van der Waals surface area contributed by atoms with Crippen LogP contribution in [-0.2, 0) is 11.2 Å². The highest BCUT2D eigenvalue weighted by Gasteiger charge is 2.19. The first-order chi connectivity index (χ1) is 10.7. The molecule has 3 rings (SSSR count). The molecule has 0 fully saturated rings. The third-order valence-corrected chi connectivity index (χ3v) is 4.49. The first kappa shape index (κ1) is 14.7. The van der Waals surface area contributed by atoms with Crippen LogP contribution >= 0.6 is 11.3 Å². The zero-order valence-electron chi connectivity index (χ0n) is 12.1. The first-order valence-corrected chi connectivity index (χ1v) is 7.90. The molecule has 3 nitrogen and oxygen atoms in total. The highest BCUT2D eigenvalue weighted by atomic mass is 32.1. The van der Waals surface area contributed by atoms with E-state index in [9.17, 15) is 9.18 Å². The molecule has 1 heterocycles. The molecule has 0 aliphatic rings. The number of halogens is 1. The Labute approximate surface area is 132 Å². The number of nitrogens with zero attached hydrogens (tertiary/aromatic N) is 2. The molecule has 0 radical (unpaired) electrons. The van der Waals surface area contributed by atoms with Gasteiger partial charge < -0.3 is 0 Å². The molecule has 0 atom stereocenters. The van der Waals surface area contributed by atoms with Crippen molar-refractivity contribution in [3.8, 4) is 0 Å². The molecule has 0 saturated carbocycles. The number of carbonyl (C=O) groups excluding carboxylic acids is 1. The number of hydrogen-bond donors (Lipinski definition) is 0. The van der Waals surface area contributed by atoms with Crippen molar-refractivity contribution in [2.45, 2.75) is 13.3 Å². The number of likely N-dealkylation sites (N-methyl/N-ethyl adjacent to an activating group) is 1. The van der Waals surface area contributed by atoms with Crippen LogP contribution in [0.4, 0.5) is 9.52 Å². The van der Waals surface area contributed by atoms with Crippen LogP contribution in [0.5, 0.6) is 0 Å². The number of amides is 1. The van der Waals surface area contributed by atoms with E-state index >= 15 is 0 Å². The van der Waals surface area contributed by atoms with Gasteiger partial charge in [0.1, 0.15) is 5.82 Å². The fraction of sp³-hybridized carbons (Fsp3) is 0.176. The number of benzene rings is 2. The molecule has 0 aliphatic carbocycles. The molecule has 112 valence electrons. The van der Waals surface area contributed by atoms with Gasteiger partial charge in [0.2, 0.25) is 5.91 Å². The lowest BCUT2D eigenvalue weighted by molar-refractivity contribution is -0.118. The van der Waals surface area contributed by atoms with Gasteiger partial charge in [-0.25, -0.2) is 9.37 Å². The Morgan fingerprint density at radius 1 is 1.18 bits per heavy atom. The van der Waals surface area contributed by atoms with Gasteiger partial charge in [0.25, 0.3) is 0 Å². The lowest BCUT2D eigenvalue weighted by Crippen LogP contribution is -2.32. The average molecular weight is 314 g/mol. The fourth-order valence-corrected chi connectivity index (χ4v) is 3.34. The van der Waals surface area contributed by atoms with Crippen LogP contribution in [0.25, 0.3) is 10.2 Å². The van der Waals surface area contributed by atoms with Crippen LogP contribution in [-0.4, -0.2) is 17.4 Å². The van der Waals surface area contributed by atoms with Crippen molar-refractivity contribution in [2.75, 3.05) is 11.4 Å². The van der Waals surface area contributed by atoms with Gasteiger partial charge in [-0.1, -0.05) is 41.7 Å². The molecule has 0 unspecified atom stereocenters. The third-order valence-electron chi connectivity index (χ3n) is 3.43. The summed E-state index contributed by atoms with van der Waals surface area (Å²) in [5.41, 5.74) is 1.28. The third kappa shape index (κ3) is 2.85. The maximum Gasteiger partial charge on any atom is 0.233 e. The standard InChI is InChI=1S/C17H15FN2OS/c1-2-20(16(21)11-12-7-3-4-8-13(12)18)17-19-14-9-5-6-10-15(14)22-17/h3-10H,2,11H2,1H3. The van der Waals surface area contributed by atoms with Gasteiger partial charge in [0, 0.05) is 6.54 Å². The summed E-state index contributed by atoms with van der Waals surface area (Å²) in [7, 11) is 0. The predicted octanol–water partition coefficient (Wildman–Crippen LogP) is 4.03. The molecule has 0 bridgehead atoms. The normalized spacial score (nSPS) is 10.8. The minimum atomic E-state index is -0.351.